The zero-order valence-corrected chi connectivity index (χ0v) is 19.7. The average molecular weight is 408 g/mol. The van der Waals surface area contributed by atoms with Crippen molar-refractivity contribution in [3.63, 3.8) is 0 Å². The maximum absolute atomic E-state index is 11.8. The van der Waals surface area contributed by atoms with Crippen molar-refractivity contribution in [1.82, 2.24) is 0 Å². The molecular weight excluding hydrogens is 373 g/mol. The van der Waals surface area contributed by atoms with Crippen molar-refractivity contribution in [2.24, 2.45) is 5.73 Å². The van der Waals surface area contributed by atoms with Gasteiger partial charge in [-0.25, -0.2) is 0 Å². The maximum Gasteiger partial charge on any atom is 1.00 e. The number of nitrogens with two attached hydrogens (primary N) is 1. The molecule has 1 rings (SSSR count). The van der Waals surface area contributed by atoms with Crippen molar-refractivity contribution >= 4 is 16.0 Å². The van der Waals surface area contributed by atoms with Gasteiger partial charge >= 0.3 is 29.6 Å². The molecule has 0 aliphatic carbocycles. The summed E-state index contributed by atoms with van der Waals surface area (Å²) in [6.07, 6.45) is 11.9. The van der Waals surface area contributed by atoms with Crippen LogP contribution in [0.1, 0.15) is 66.1 Å². The van der Waals surface area contributed by atoms with Crippen LogP contribution in [0, 0.1) is 0 Å². The SMILES string of the molecule is C=CC(N)=O.CCCCCCCCCCCOS(=O)(=O)c1ccccc1.[H-].[Na+]. The quantitative estimate of drug-likeness (QED) is 0.233. The van der Waals surface area contributed by atoms with Crippen molar-refractivity contribution in [2.75, 3.05) is 6.61 Å². The summed E-state index contributed by atoms with van der Waals surface area (Å²) in [5.74, 6) is -0.481. The average Bonchev–Trinajstić information content (AvgIpc) is 2.64. The van der Waals surface area contributed by atoms with Crippen molar-refractivity contribution in [2.45, 2.75) is 69.6 Å². The van der Waals surface area contributed by atoms with Gasteiger partial charge in [-0.3, -0.25) is 8.98 Å². The molecule has 0 heterocycles. The number of unbranched alkanes of at least 4 members (excludes halogenated alkanes) is 8. The van der Waals surface area contributed by atoms with Crippen LogP contribution in [-0.2, 0) is 19.1 Å². The van der Waals surface area contributed by atoms with Crippen LogP contribution in [0.4, 0.5) is 0 Å². The van der Waals surface area contributed by atoms with E-state index in [0.29, 0.717) is 0 Å². The Morgan fingerprint density at radius 1 is 1.04 bits per heavy atom. The third kappa shape index (κ3) is 17.2. The number of primary amides is 1. The van der Waals surface area contributed by atoms with Crippen molar-refractivity contribution in [3.8, 4) is 0 Å². The molecule has 0 bridgehead atoms. The predicted octanol–water partition coefficient (Wildman–Crippen LogP) is 1.70. The van der Waals surface area contributed by atoms with E-state index in [0.717, 1.165) is 18.9 Å². The molecule has 1 aromatic carbocycles. The van der Waals surface area contributed by atoms with Crippen LogP contribution in [0.2, 0.25) is 0 Å². The van der Waals surface area contributed by atoms with E-state index in [-0.39, 0.29) is 42.5 Å². The van der Waals surface area contributed by atoms with Gasteiger partial charge in [-0.15, -0.1) is 0 Å². The van der Waals surface area contributed by atoms with E-state index in [4.69, 9.17) is 4.18 Å². The first-order valence-electron chi connectivity index (χ1n) is 9.30. The minimum Gasteiger partial charge on any atom is -1.00 e. The Bertz CT molecular complexity index is 597. The molecule has 5 nitrogen and oxygen atoms in total. The first-order chi connectivity index (χ1) is 12.4. The summed E-state index contributed by atoms with van der Waals surface area (Å²) in [6, 6.07) is 8.32. The van der Waals surface area contributed by atoms with E-state index in [9.17, 15) is 13.2 Å². The van der Waals surface area contributed by atoms with Gasteiger partial charge in [0, 0.05) is 0 Å². The fourth-order valence-electron chi connectivity index (χ4n) is 2.24. The van der Waals surface area contributed by atoms with Crippen molar-refractivity contribution in [3.05, 3.63) is 43.0 Å². The molecule has 0 saturated heterocycles. The fourth-order valence-corrected chi connectivity index (χ4v) is 3.20. The second-order valence-corrected chi connectivity index (χ2v) is 7.64. The Morgan fingerprint density at radius 2 is 1.48 bits per heavy atom. The predicted molar refractivity (Wildman–Crippen MR) is 107 cm³/mol. The molecule has 0 aliphatic rings. The molecule has 0 aliphatic heterocycles. The van der Waals surface area contributed by atoms with Gasteiger partial charge in [0.2, 0.25) is 5.91 Å². The minimum absolute atomic E-state index is 0. The van der Waals surface area contributed by atoms with Gasteiger partial charge in [0.25, 0.3) is 10.1 Å². The first-order valence-corrected chi connectivity index (χ1v) is 10.7. The molecule has 2 N–H and O–H groups in total. The summed E-state index contributed by atoms with van der Waals surface area (Å²) in [4.78, 5) is 9.71. The number of amides is 1. The molecule has 27 heavy (non-hydrogen) atoms. The molecule has 0 fully saturated rings. The van der Waals surface area contributed by atoms with E-state index in [2.05, 4.69) is 19.2 Å². The third-order valence-corrected chi connectivity index (χ3v) is 5.05. The number of hydrogen-bond acceptors (Lipinski definition) is 4. The summed E-state index contributed by atoms with van der Waals surface area (Å²) < 4.78 is 28.7. The van der Waals surface area contributed by atoms with Gasteiger partial charge in [0.1, 0.15) is 0 Å². The Kier molecular flexibility index (Phi) is 19.8. The Morgan fingerprint density at radius 3 is 1.93 bits per heavy atom. The van der Waals surface area contributed by atoms with E-state index < -0.39 is 16.0 Å². The summed E-state index contributed by atoms with van der Waals surface area (Å²) in [7, 11) is -3.57. The number of benzene rings is 1. The zero-order chi connectivity index (χ0) is 19.7. The summed E-state index contributed by atoms with van der Waals surface area (Å²) >= 11 is 0. The Balaban J connectivity index is -0.000000793. The number of hydrogen-bond donors (Lipinski definition) is 1. The van der Waals surface area contributed by atoms with E-state index in [1.54, 1.807) is 30.3 Å². The van der Waals surface area contributed by atoms with E-state index >= 15 is 0 Å². The number of carbonyl (C=O) groups excluding carboxylic acids is 1. The third-order valence-electron chi connectivity index (χ3n) is 3.72. The van der Waals surface area contributed by atoms with Crippen molar-refractivity contribution < 1.29 is 48.4 Å². The molecule has 1 aromatic rings. The molecule has 0 radical (unpaired) electrons. The van der Waals surface area contributed by atoms with Crippen LogP contribution in [0.3, 0.4) is 0 Å². The van der Waals surface area contributed by atoms with Gasteiger partial charge < -0.3 is 7.16 Å². The second-order valence-electron chi connectivity index (χ2n) is 6.02. The van der Waals surface area contributed by atoms with Crippen molar-refractivity contribution in [1.29, 1.82) is 0 Å². The molecule has 1 amide bonds. The van der Waals surface area contributed by atoms with Gasteiger partial charge in [-0.1, -0.05) is 83.1 Å². The molecule has 0 aromatic heterocycles. The molecule has 0 saturated carbocycles. The number of rotatable bonds is 13. The van der Waals surface area contributed by atoms with Crippen LogP contribution in [0.25, 0.3) is 0 Å². The van der Waals surface area contributed by atoms with Crippen LogP contribution in [0.5, 0.6) is 0 Å². The first kappa shape index (κ1) is 28.5. The molecular formula is C20H34NNaO4S. The molecule has 0 atom stereocenters. The largest absolute Gasteiger partial charge is 1.00 e. The standard InChI is InChI=1S/C17H28O3S.C3H5NO.Na.H/c1-2-3-4-5-6-7-8-9-13-16-20-21(18,19)17-14-11-10-12-15-17;1-2-3(4)5;;/h10-12,14-15H,2-9,13,16H2,1H3;2H,1H2,(H2,4,5);;/q;;+1;-1. The van der Waals surface area contributed by atoms with Gasteiger partial charge in [0.15, 0.2) is 0 Å². The second kappa shape index (κ2) is 18.7. The normalized spacial score (nSPS) is 10.3. The van der Waals surface area contributed by atoms with E-state index in [1.807, 2.05) is 0 Å². The van der Waals surface area contributed by atoms with Crippen LogP contribution >= 0.6 is 0 Å². The van der Waals surface area contributed by atoms with Crippen LogP contribution < -0.4 is 35.3 Å². The van der Waals surface area contributed by atoms with Crippen LogP contribution in [0.15, 0.2) is 47.9 Å². The zero-order valence-electron chi connectivity index (χ0n) is 17.9. The maximum atomic E-state index is 11.8. The Hall–Kier alpha value is -0.660. The van der Waals surface area contributed by atoms with E-state index in [1.165, 1.54) is 44.9 Å². The monoisotopic (exact) mass is 407 g/mol. The summed E-state index contributed by atoms with van der Waals surface area (Å²) in [5, 5.41) is 0. The van der Waals surface area contributed by atoms with Gasteiger partial charge in [-0.05, 0) is 24.6 Å². The van der Waals surface area contributed by atoms with Gasteiger partial charge in [-0.2, -0.15) is 8.42 Å². The molecule has 150 valence electrons. The smallest absolute Gasteiger partial charge is 1.00 e. The molecule has 0 unspecified atom stereocenters. The molecule has 7 heteroatoms. The fraction of sp³-hybridized carbons (Fsp3) is 0.550. The number of carbonyl (C=O) groups is 1. The van der Waals surface area contributed by atoms with Crippen LogP contribution in [-0.4, -0.2) is 20.9 Å². The topological polar surface area (TPSA) is 86.5 Å². The molecule has 0 spiro atoms. The summed E-state index contributed by atoms with van der Waals surface area (Å²) in [5.41, 5.74) is 4.53. The Labute approximate surface area is 188 Å². The minimum atomic E-state index is -3.57. The van der Waals surface area contributed by atoms with Gasteiger partial charge in [0.05, 0.1) is 11.5 Å². The summed E-state index contributed by atoms with van der Waals surface area (Å²) in [6.45, 7) is 5.60.